The zero-order valence-electron chi connectivity index (χ0n) is 12.6. The summed E-state index contributed by atoms with van der Waals surface area (Å²) >= 11 is 6.07. The van der Waals surface area contributed by atoms with E-state index in [1.165, 1.54) is 12.1 Å². The van der Waals surface area contributed by atoms with Gasteiger partial charge in [0.2, 0.25) is 0 Å². The van der Waals surface area contributed by atoms with Gasteiger partial charge in [-0.25, -0.2) is 0 Å². The van der Waals surface area contributed by atoms with E-state index < -0.39 is 10.1 Å². The smallest absolute Gasteiger partial charge is 0.282 e. The standard InChI is InChI=1S/C17H13ClN2O3S/c1-11-2-3-13(9-19-11)17-16(8-14(18)10-20-17)12-4-6-15(7-5-12)24(21,22)23/h2-10H,1H3,(H,21,22,23). The Hall–Kier alpha value is -2.28. The molecule has 2 heterocycles. The lowest BCUT2D eigenvalue weighted by atomic mass is 10.0. The van der Waals surface area contributed by atoms with Crippen molar-refractivity contribution in [1.82, 2.24) is 9.97 Å². The van der Waals surface area contributed by atoms with Gasteiger partial charge in [-0.15, -0.1) is 0 Å². The van der Waals surface area contributed by atoms with E-state index in [9.17, 15) is 8.42 Å². The van der Waals surface area contributed by atoms with E-state index in [0.29, 0.717) is 10.7 Å². The van der Waals surface area contributed by atoms with Gasteiger partial charge in [0.1, 0.15) is 0 Å². The highest BCUT2D eigenvalue weighted by molar-refractivity contribution is 7.85. The zero-order chi connectivity index (χ0) is 17.3. The minimum Gasteiger partial charge on any atom is -0.282 e. The van der Waals surface area contributed by atoms with Gasteiger partial charge in [-0.1, -0.05) is 23.7 Å². The van der Waals surface area contributed by atoms with Gasteiger partial charge in [0, 0.05) is 29.2 Å². The minimum absolute atomic E-state index is 0.167. The predicted molar refractivity (Wildman–Crippen MR) is 92.5 cm³/mol. The first kappa shape index (κ1) is 16.6. The summed E-state index contributed by atoms with van der Waals surface area (Å²) in [5.41, 5.74) is 3.88. The molecule has 0 bridgehead atoms. The summed E-state index contributed by atoms with van der Waals surface area (Å²) < 4.78 is 31.4. The van der Waals surface area contributed by atoms with Crippen LogP contribution in [0.25, 0.3) is 22.4 Å². The van der Waals surface area contributed by atoms with E-state index in [1.54, 1.807) is 30.6 Å². The molecule has 3 aromatic rings. The summed E-state index contributed by atoms with van der Waals surface area (Å²) in [7, 11) is -4.23. The van der Waals surface area contributed by atoms with Crippen molar-refractivity contribution < 1.29 is 13.0 Å². The fourth-order valence-electron chi connectivity index (χ4n) is 2.30. The van der Waals surface area contributed by atoms with Crippen LogP contribution in [0.15, 0.2) is 59.8 Å². The van der Waals surface area contributed by atoms with Crippen molar-refractivity contribution in [2.75, 3.05) is 0 Å². The second-order valence-corrected chi connectivity index (χ2v) is 7.10. The Morgan fingerprint density at radius 3 is 2.21 bits per heavy atom. The van der Waals surface area contributed by atoms with Crippen molar-refractivity contribution >= 4 is 21.7 Å². The number of benzene rings is 1. The maximum Gasteiger partial charge on any atom is 0.294 e. The lowest BCUT2D eigenvalue weighted by Gasteiger charge is -2.10. The summed E-state index contributed by atoms with van der Waals surface area (Å²) in [6, 6.07) is 11.4. The fourth-order valence-corrected chi connectivity index (χ4v) is 2.94. The van der Waals surface area contributed by atoms with Crippen LogP contribution in [0, 0.1) is 6.92 Å². The van der Waals surface area contributed by atoms with E-state index in [0.717, 1.165) is 22.4 Å². The first-order chi connectivity index (χ1) is 11.3. The molecule has 0 aliphatic carbocycles. The first-order valence-corrected chi connectivity index (χ1v) is 8.83. The van der Waals surface area contributed by atoms with Crippen LogP contribution >= 0.6 is 11.6 Å². The summed E-state index contributed by atoms with van der Waals surface area (Å²) in [6.45, 7) is 1.90. The van der Waals surface area contributed by atoms with Crippen molar-refractivity contribution in [1.29, 1.82) is 0 Å². The van der Waals surface area contributed by atoms with Crippen LogP contribution in [-0.4, -0.2) is 22.9 Å². The maximum atomic E-state index is 11.2. The molecule has 0 saturated heterocycles. The van der Waals surface area contributed by atoms with Gasteiger partial charge >= 0.3 is 0 Å². The van der Waals surface area contributed by atoms with E-state index in [2.05, 4.69) is 9.97 Å². The Labute approximate surface area is 144 Å². The van der Waals surface area contributed by atoms with Crippen molar-refractivity contribution in [3.63, 3.8) is 0 Å². The molecule has 0 unspecified atom stereocenters. The molecule has 1 aromatic carbocycles. The lowest BCUT2D eigenvalue weighted by Crippen LogP contribution is -1.97. The molecule has 5 nitrogen and oxygen atoms in total. The largest absolute Gasteiger partial charge is 0.294 e. The molecule has 122 valence electrons. The van der Waals surface area contributed by atoms with E-state index >= 15 is 0 Å². The topological polar surface area (TPSA) is 80.2 Å². The minimum atomic E-state index is -4.23. The third-order valence-electron chi connectivity index (χ3n) is 3.50. The average Bonchev–Trinajstić information content (AvgIpc) is 2.55. The molecule has 0 aliphatic heterocycles. The SMILES string of the molecule is Cc1ccc(-c2ncc(Cl)cc2-c2ccc(S(=O)(=O)O)cc2)cn1. The Balaban J connectivity index is 2.13. The van der Waals surface area contributed by atoms with Crippen LogP contribution in [0.3, 0.4) is 0 Å². The fraction of sp³-hybridized carbons (Fsp3) is 0.0588. The van der Waals surface area contributed by atoms with Crippen molar-refractivity contribution in [3.8, 4) is 22.4 Å². The highest BCUT2D eigenvalue weighted by atomic mass is 35.5. The molecule has 24 heavy (non-hydrogen) atoms. The van der Waals surface area contributed by atoms with E-state index in [-0.39, 0.29) is 4.90 Å². The van der Waals surface area contributed by atoms with Crippen molar-refractivity contribution in [3.05, 3.63) is 65.6 Å². The molecule has 0 fully saturated rings. The van der Waals surface area contributed by atoms with Crippen molar-refractivity contribution in [2.24, 2.45) is 0 Å². The van der Waals surface area contributed by atoms with Gasteiger partial charge in [0.15, 0.2) is 0 Å². The van der Waals surface area contributed by atoms with Gasteiger partial charge in [-0.05, 0) is 42.8 Å². The lowest BCUT2D eigenvalue weighted by molar-refractivity contribution is 0.483. The number of halogens is 1. The second-order valence-electron chi connectivity index (χ2n) is 5.24. The molecule has 0 amide bonds. The number of aryl methyl sites for hydroxylation is 1. The molecular formula is C17H13ClN2O3S. The zero-order valence-corrected chi connectivity index (χ0v) is 14.2. The van der Waals surface area contributed by atoms with Crippen LogP contribution < -0.4 is 0 Å². The number of aromatic nitrogens is 2. The van der Waals surface area contributed by atoms with E-state index in [1.807, 2.05) is 19.1 Å². The highest BCUT2D eigenvalue weighted by Gasteiger charge is 2.13. The Morgan fingerprint density at radius 2 is 1.62 bits per heavy atom. The van der Waals surface area contributed by atoms with Crippen molar-refractivity contribution in [2.45, 2.75) is 11.8 Å². The molecular weight excluding hydrogens is 348 g/mol. The predicted octanol–water partition coefficient (Wildman–Crippen LogP) is 4.02. The highest BCUT2D eigenvalue weighted by Crippen LogP contribution is 2.32. The number of pyridine rings is 2. The average molecular weight is 361 g/mol. The Morgan fingerprint density at radius 1 is 0.958 bits per heavy atom. The third-order valence-corrected chi connectivity index (χ3v) is 4.58. The molecule has 0 radical (unpaired) electrons. The van der Waals surface area contributed by atoms with Gasteiger partial charge in [-0.2, -0.15) is 8.42 Å². The van der Waals surface area contributed by atoms with Crippen LogP contribution in [0.1, 0.15) is 5.69 Å². The quantitative estimate of drug-likeness (QED) is 0.713. The molecule has 1 N–H and O–H groups in total. The molecule has 7 heteroatoms. The maximum absolute atomic E-state index is 11.2. The van der Waals surface area contributed by atoms with Gasteiger partial charge in [-0.3, -0.25) is 14.5 Å². The number of hydrogen-bond acceptors (Lipinski definition) is 4. The first-order valence-electron chi connectivity index (χ1n) is 7.01. The summed E-state index contributed by atoms with van der Waals surface area (Å²) in [5.74, 6) is 0. The summed E-state index contributed by atoms with van der Waals surface area (Å²) in [6.07, 6.45) is 3.27. The Kier molecular flexibility index (Phi) is 4.36. The van der Waals surface area contributed by atoms with Crippen LogP contribution in [0.2, 0.25) is 5.02 Å². The molecule has 2 aromatic heterocycles. The van der Waals surface area contributed by atoms with Gasteiger partial charge in [0.25, 0.3) is 10.1 Å². The van der Waals surface area contributed by atoms with Gasteiger partial charge in [0.05, 0.1) is 15.6 Å². The molecule has 0 saturated carbocycles. The number of rotatable bonds is 3. The molecule has 0 aliphatic rings. The normalized spacial score (nSPS) is 11.5. The molecule has 3 rings (SSSR count). The number of hydrogen-bond donors (Lipinski definition) is 1. The van der Waals surface area contributed by atoms with Crippen LogP contribution in [0.4, 0.5) is 0 Å². The third kappa shape index (κ3) is 3.46. The molecule has 0 atom stereocenters. The summed E-state index contributed by atoms with van der Waals surface area (Å²) in [5, 5.41) is 0.465. The van der Waals surface area contributed by atoms with E-state index in [4.69, 9.17) is 16.2 Å². The second kappa shape index (κ2) is 6.32. The number of nitrogens with zero attached hydrogens (tertiary/aromatic N) is 2. The van der Waals surface area contributed by atoms with Crippen LogP contribution in [-0.2, 0) is 10.1 Å². The van der Waals surface area contributed by atoms with Gasteiger partial charge < -0.3 is 0 Å². The Bertz CT molecular complexity index is 985. The molecule has 0 spiro atoms. The van der Waals surface area contributed by atoms with Crippen LogP contribution in [0.5, 0.6) is 0 Å². The summed E-state index contributed by atoms with van der Waals surface area (Å²) in [4.78, 5) is 8.49. The monoisotopic (exact) mass is 360 g/mol.